The van der Waals surface area contributed by atoms with Crippen molar-refractivity contribution in [1.82, 2.24) is 10.6 Å². The van der Waals surface area contributed by atoms with E-state index in [-0.39, 0.29) is 12.3 Å². The third-order valence-electron chi connectivity index (χ3n) is 3.46. The van der Waals surface area contributed by atoms with Gasteiger partial charge in [-0.2, -0.15) is 0 Å². The fourth-order valence-electron chi connectivity index (χ4n) is 1.75. The van der Waals surface area contributed by atoms with E-state index in [1.54, 1.807) is 20.5 Å². The number of amides is 2. The molecule has 0 aliphatic rings. The first-order valence-corrected chi connectivity index (χ1v) is 11.3. The van der Waals surface area contributed by atoms with Crippen LogP contribution in [0.15, 0.2) is 0 Å². The van der Waals surface area contributed by atoms with Crippen LogP contribution in [0.5, 0.6) is 0 Å². The van der Waals surface area contributed by atoms with Crippen LogP contribution in [0.25, 0.3) is 0 Å². The van der Waals surface area contributed by atoms with E-state index in [2.05, 4.69) is 24.5 Å². The molecule has 0 aromatic heterocycles. The maximum atomic E-state index is 12.2. The highest BCUT2D eigenvalue weighted by Crippen LogP contribution is 2.33. The fraction of sp³-hybridized carbons (Fsp3) is 0.889. The molecule has 0 saturated carbocycles. The lowest BCUT2D eigenvalue weighted by Crippen LogP contribution is -2.45. The first-order chi connectivity index (χ1) is 12.7. The second-order valence-electron chi connectivity index (χ2n) is 6.98. The van der Waals surface area contributed by atoms with Crippen LogP contribution in [-0.4, -0.2) is 70.1 Å². The minimum absolute atomic E-state index is 0.192. The van der Waals surface area contributed by atoms with Crippen LogP contribution in [0.1, 0.15) is 41.0 Å². The van der Waals surface area contributed by atoms with Crippen molar-refractivity contribution < 1.29 is 28.3 Å². The summed E-state index contributed by atoms with van der Waals surface area (Å²) in [6, 6.07) is 0. The minimum atomic E-state index is -1.10. The lowest BCUT2D eigenvalue weighted by atomic mass is 10.1. The van der Waals surface area contributed by atoms with Gasteiger partial charge in [0.1, 0.15) is 20.1 Å². The number of hydrogen-bond acceptors (Lipinski definition) is 6. The zero-order chi connectivity index (χ0) is 20.7. The molecule has 9 heteroatoms. The third kappa shape index (κ3) is 14.7. The minimum Gasteiger partial charge on any atom is -0.427 e. The number of hydrogen-bond donors (Lipinski definition) is 2. The topological polar surface area (TPSA) is 95.1 Å². The Hall–Kier alpha value is -0.950. The van der Waals surface area contributed by atoms with E-state index in [0.29, 0.717) is 38.8 Å². The maximum Gasteiger partial charge on any atom is 0.409 e. The van der Waals surface area contributed by atoms with Crippen molar-refractivity contribution in [3.63, 3.8) is 0 Å². The summed E-state index contributed by atoms with van der Waals surface area (Å²) in [5.41, 5.74) is -1.01. The average Bonchev–Trinajstić information content (AvgIpc) is 2.58. The van der Waals surface area contributed by atoms with Crippen LogP contribution in [0.4, 0.5) is 4.79 Å². The van der Waals surface area contributed by atoms with Crippen molar-refractivity contribution in [3.05, 3.63) is 0 Å². The average molecular weight is 408 g/mol. The molecule has 0 bridgehead atoms. The molecule has 0 aromatic carbocycles. The molecule has 2 amide bonds. The first kappa shape index (κ1) is 26.1. The third-order valence-corrected chi connectivity index (χ3v) is 4.43. The Morgan fingerprint density at radius 3 is 2.26 bits per heavy atom. The van der Waals surface area contributed by atoms with Crippen LogP contribution >= 0.6 is 8.15 Å². The predicted octanol–water partition coefficient (Wildman–Crippen LogP) is 2.71. The maximum absolute atomic E-state index is 12.2. The van der Waals surface area contributed by atoms with Gasteiger partial charge in [0.15, 0.2) is 0 Å². The van der Waals surface area contributed by atoms with Crippen LogP contribution < -0.4 is 10.6 Å². The molecule has 27 heavy (non-hydrogen) atoms. The summed E-state index contributed by atoms with van der Waals surface area (Å²) in [6.07, 6.45) is 0.763. The molecule has 8 nitrogen and oxygen atoms in total. The van der Waals surface area contributed by atoms with Crippen molar-refractivity contribution in [3.8, 4) is 0 Å². The molecule has 0 spiro atoms. The predicted molar refractivity (Wildman–Crippen MR) is 107 cm³/mol. The van der Waals surface area contributed by atoms with Crippen molar-refractivity contribution >= 4 is 20.1 Å². The Kier molecular flexibility index (Phi) is 14.5. The number of nitrogens with one attached hydrogen (secondary N) is 2. The van der Waals surface area contributed by atoms with Gasteiger partial charge in [-0.1, -0.05) is 13.8 Å². The Labute approximate surface area is 164 Å². The monoisotopic (exact) mass is 408 g/mol. The Morgan fingerprint density at radius 2 is 1.67 bits per heavy atom. The van der Waals surface area contributed by atoms with Gasteiger partial charge in [0, 0.05) is 19.7 Å². The van der Waals surface area contributed by atoms with Gasteiger partial charge in [-0.3, -0.25) is 4.79 Å². The quantitative estimate of drug-likeness (QED) is 0.320. The first-order valence-electron chi connectivity index (χ1n) is 9.43. The molecule has 0 fully saturated rings. The van der Waals surface area contributed by atoms with Gasteiger partial charge in [-0.15, -0.1) is 0 Å². The highest BCUT2D eigenvalue weighted by molar-refractivity contribution is 7.52. The molecule has 0 aliphatic carbocycles. The number of carbonyl (C=O) groups is 2. The molecule has 0 heterocycles. The molecule has 0 aliphatic heterocycles. The smallest absolute Gasteiger partial charge is 0.409 e. The summed E-state index contributed by atoms with van der Waals surface area (Å²) in [6.45, 7) is 14.4. The standard InChI is InChI=1S/C18H37N2O6P/c1-7-19-17(22)26-27(6)14-25-18(4,5)16(21)20-9-11-24-13-12-23-10-8-15(2)3/h15H,7-14H2,1-6H3,(H,19,22)(H,20,21). The summed E-state index contributed by atoms with van der Waals surface area (Å²) in [7, 11) is -1.10. The van der Waals surface area contributed by atoms with Gasteiger partial charge >= 0.3 is 6.09 Å². The number of ether oxygens (including phenoxy) is 3. The van der Waals surface area contributed by atoms with E-state index in [0.717, 1.165) is 13.0 Å². The Balaban J connectivity index is 3.81. The molecule has 0 saturated heterocycles. The largest absolute Gasteiger partial charge is 0.427 e. The Morgan fingerprint density at radius 1 is 1.04 bits per heavy atom. The molecule has 0 rings (SSSR count). The van der Waals surface area contributed by atoms with E-state index in [1.165, 1.54) is 0 Å². The lowest BCUT2D eigenvalue weighted by Gasteiger charge is -2.25. The summed E-state index contributed by atoms with van der Waals surface area (Å²) in [5.74, 6) is 0.400. The lowest BCUT2D eigenvalue weighted by molar-refractivity contribution is -0.140. The highest BCUT2D eigenvalue weighted by atomic mass is 31.1. The van der Waals surface area contributed by atoms with Crippen LogP contribution in [-0.2, 0) is 23.5 Å². The second kappa shape index (κ2) is 15.0. The van der Waals surface area contributed by atoms with Gasteiger partial charge in [-0.25, -0.2) is 4.79 Å². The molecule has 1 unspecified atom stereocenters. The number of carbonyl (C=O) groups excluding carboxylic acids is 2. The molecule has 0 radical (unpaired) electrons. The van der Waals surface area contributed by atoms with Gasteiger partial charge in [0.25, 0.3) is 5.91 Å². The fourth-order valence-corrected chi connectivity index (χ4v) is 2.66. The molecular formula is C18H37N2O6P. The van der Waals surface area contributed by atoms with Crippen LogP contribution in [0, 0.1) is 5.92 Å². The molecule has 0 aromatic rings. The van der Waals surface area contributed by atoms with Gasteiger partial charge in [0.05, 0.1) is 19.8 Å². The zero-order valence-corrected chi connectivity index (χ0v) is 18.5. The summed E-state index contributed by atoms with van der Waals surface area (Å²) < 4.78 is 21.7. The van der Waals surface area contributed by atoms with E-state index in [9.17, 15) is 9.59 Å². The van der Waals surface area contributed by atoms with Crippen molar-refractivity contribution in [2.24, 2.45) is 5.92 Å². The second-order valence-corrected chi connectivity index (χ2v) is 8.68. The van der Waals surface area contributed by atoms with E-state index < -0.39 is 19.8 Å². The summed E-state index contributed by atoms with van der Waals surface area (Å²) >= 11 is 0. The molecule has 2 N–H and O–H groups in total. The molecule has 160 valence electrons. The zero-order valence-electron chi connectivity index (χ0n) is 17.6. The van der Waals surface area contributed by atoms with Crippen molar-refractivity contribution in [1.29, 1.82) is 0 Å². The summed E-state index contributed by atoms with van der Waals surface area (Å²) in [5, 5.41) is 5.34. The van der Waals surface area contributed by atoms with Crippen LogP contribution in [0.2, 0.25) is 0 Å². The van der Waals surface area contributed by atoms with E-state index >= 15 is 0 Å². The van der Waals surface area contributed by atoms with Crippen molar-refractivity contribution in [2.45, 2.75) is 46.6 Å². The highest BCUT2D eigenvalue weighted by Gasteiger charge is 2.29. The normalized spacial score (nSPS) is 12.7. The van der Waals surface area contributed by atoms with E-state index in [1.807, 2.05) is 6.92 Å². The van der Waals surface area contributed by atoms with Gasteiger partial charge < -0.3 is 29.4 Å². The number of rotatable bonds is 15. The SMILES string of the molecule is CCNC(=O)OP(C)COC(C)(C)C(=O)NCCOCCOCCC(C)C. The van der Waals surface area contributed by atoms with E-state index in [4.69, 9.17) is 18.7 Å². The molecular weight excluding hydrogens is 371 g/mol. The van der Waals surface area contributed by atoms with Crippen molar-refractivity contribution in [2.75, 3.05) is 52.5 Å². The van der Waals surface area contributed by atoms with Gasteiger partial charge in [-0.05, 0) is 39.8 Å². The van der Waals surface area contributed by atoms with Gasteiger partial charge in [0.2, 0.25) is 0 Å². The Bertz CT molecular complexity index is 421. The van der Waals surface area contributed by atoms with Crippen LogP contribution in [0.3, 0.4) is 0 Å². The summed E-state index contributed by atoms with van der Waals surface area (Å²) in [4.78, 5) is 23.6. The molecule has 1 atom stereocenters.